The molecule has 0 spiro atoms. The molecule has 0 amide bonds. The van der Waals surface area contributed by atoms with E-state index in [1.54, 1.807) is 10.9 Å². The summed E-state index contributed by atoms with van der Waals surface area (Å²) in [5, 5.41) is 11.9. The van der Waals surface area contributed by atoms with Gasteiger partial charge in [0.2, 0.25) is 5.95 Å². The Morgan fingerprint density at radius 2 is 2.03 bits per heavy atom. The topological polar surface area (TPSA) is 120 Å². The van der Waals surface area contributed by atoms with Crippen molar-refractivity contribution in [2.45, 2.75) is 6.54 Å². The summed E-state index contributed by atoms with van der Waals surface area (Å²) in [6.45, 7) is 0.164. The smallest absolute Gasteiger partial charge is 0.229 e. The second kappa shape index (κ2) is 8.88. The second-order valence-electron chi connectivity index (χ2n) is 6.43. The molecule has 2 aromatic heterocycles. The van der Waals surface area contributed by atoms with Gasteiger partial charge in [0.05, 0.1) is 9.99 Å². The normalized spacial score (nSPS) is 12.1. The molecule has 154 valence electrons. The van der Waals surface area contributed by atoms with E-state index in [4.69, 9.17) is 0 Å². The molecular weight excluding hydrogens is 470 g/mol. The lowest BCUT2D eigenvalue weighted by Gasteiger charge is -2.14. The molecule has 2 aromatic carbocycles. The first-order valence-corrected chi connectivity index (χ1v) is 10.8. The van der Waals surface area contributed by atoms with Crippen LogP contribution in [-0.4, -0.2) is 28.5 Å². The van der Waals surface area contributed by atoms with Crippen LogP contribution >= 0.6 is 15.9 Å². The van der Waals surface area contributed by atoms with Crippen molar-refractivity contribution in [1.82, 2.24) is 24.5 Å². The van der Waals surface area contributed by atoms with Gasteiger partial charge >= 0.3 is 0 Å². The second-order valence-corrected chi connectivity index (χ2v) is 8.04. The van der Waals surface area contributed by atoms with Crippen LogP contribution in [0.4, 0.5) is 23.1 Å². The van der Waals surface area contributed by atoms with Gasteiger partial charge in [-0.2, -0.15) is 10.1 Å². The number of hydrogen-bond acceptors (Lipinski definition) is 7. The number of benzene rings is 2. The Hall–Kier alpha value is -2.86. The zero-order valence-electron chi connectivity index (χ0n) is 15.8. The fourth-order valence-electron chi connectivity index (χ4n) is 2.92. The van der Waals surface area contributed by atoms with Gasteiger partial charge in [0.1, 0.15) is 5.82 Å². The van der Waals surface area contributed by atoms with Crippen LogP contribution in [-0.2, 0) is 24.9 Å². The number of nitrogens with one attached hydrogen (secondary N) is 3. The van der Waals surface area contributed by atoms with E-state index < -0.39 is 11.3 Å². The first-order chi connectivity index (χ1) is 14.5. The van der Waals surface area contributed by atoms with Gasteiger partial charge in [0.25, 0.3) is 0 Å². The number of aryl methyl sites for hydroxylation is 1. The molecule has 0 aliphatic carbocycles. The summed E-state index contributed by atoms with van der Waals surface area (Å²) in [6.07, 6.45) is 3.59. The van der Waals surface area contributed by atoms with Gasteiger partial charge in [-0.15, -0.1) is 0 Å². The third-order valence-electron chi connectivity index (χ3n) is 4.27. The third-order valence-corrected chi connectivity index (χ3v) is 5.23. The van der Waals surface area contributed by atoms with E-state index in [9.17, 15) is 8.76 Å². The number of nitrogens with zero attached hydrogens (tertiary/aromatic N) is 4. The highest BCUT2D eigenvalue weighted by atomic mass is 79.9. The number of aromatic nitrogens is 4. The summed E-state index contributed by atoms with van der Waals surface area (Å²) in [5.74, 6) is 0.953. The van der Waals surface area contributed by atoms with Gasteiger partial charge in [0, 0.05) is 54.0 Å². The van der Waals surface area contributed by atoms with Crippen molar-refractivity contribution in [3.05, 3.63) is 64.9 Å². The number of hydrogen-bond donors (Lipinski definition) is 3. The van der Waals surface area contributed by atoms with Crippen molar-refractivity contribution in [1.29, 1.82) is 0 Å². The van der Waals surface area contributed by atoms with Crippen molar-refractivity contribution in [3.63, 3.8) is 0 Å². The lowest BCUT2D eigenvalue weighted by atomic mass is 10.2. The number of anilines is 4. The monoisotopic (exact) mass is 486 g/mol. The largest absolute Gasteiger partial charge is 0.760 e. The van der Waals surface area contributed by atoms with E-state index in [1.807, 2.05) is 55.7 Å². The minimum absolute atomic E-state index is 0.164. The number of rotatable bonds is 7. The molecular formula is C19H17BrN7O2S-. The molecule has 0 aliphatic rings. The van der Waals surface area contributed by atoms with Gasteiger partial charge in [-0.25, -0.2) is 9.71 Å². The van der Waals surface area contributed by atoms with Crippen LogP contribution < -0.4 is 15.4 Å². The lowest BCUT2D eigenvalue weighted by molar-refractivity contribution is 0.522. The van der Waals surface area contributed by atoms with Crippen LogP contribution in [0.2, 0.25) is 0 Å². The van der Waals surface area contributed by atoms with Gasteiger partial charge in [-0.05, 0) is 45.8 Å². The van der Waals surface area contributed by atoms with Crippen molar-refractivity contribution in [2.75, 3.05) is 10.6 Å². The molecule has 9 nitrogen and oxygen atoms in total. The highest BCUT2D eigenvalue weighted by Crippen LogP contribution is 2.27. The van der Waals surface area contributed by atoms with E-state index in [0.717, 1.165) is 27.8 Å². The minimum atomic E-state index is -2.34. The van der Waals surface area contributed by atoms with Gasteiger partial charge in [-0.1, -0.05) is 18.2 Å². The van der Waals surface area contributed by atoms with Crippen LogP contribution in [0.5, 0.6) is 0 Å². The zero-order valence-corrected chi connectivity index (χ0v) is 18.2. The van der Waals surface area contributed by atoms with E-state index in [2.05, 4.69) is 46.4 Å². The quantitative estimate of drug-likeness (QED) is 0.342. The molecule has 4 aromatic rings. The molecule has 0 aliphatic heterocycles. The van der Waals surface area contributed by atoms with Gasteiger partial charge < -0.3 is 15.2 Å². The fourth-order valence-corrected chi connectivity index (χ4v) is 3.49. The maximum atomic E-state index is 10.8. The molecule has 0 saturated carbocycles. The number of fused-ring (bicyclic) bond motifs is 1. The van der Waals surface area contributed by atoms with Crippen LogP contribution in [0, 0.1) is 0 Å². The molecule has 0 radical (unpaired) electrons. The Kier molecular flexibility index (Phi) is 6.04. The molecule has 2 heterocycles. The summed E-state index contributed by atoms with van der Waals surface area (Å²) >= 11 is 1.11. The SMILES string of the molecule is Cn1cc2ccc(Nc3ncc(Br)c(Nc4ccccc4CNS(=O)[O-])n3)cc2n1. The highest BCUT2D eigenvalue weighted by molar-refractivity contribution is 9.10. The lowest BCUT2D eigenvalue weighted by Crippen LogP contribution is -2.16. The van der Waals surface area contributed by atoms with Crippen LogP contribution in [0.25, 0.3) is 10.9 Å². The van der Waals surface area contributed by atoms with E-state index in [-0.39, 0.29) is 6.54 Å². The van der Waals surface area contributed by atoms with Crippen molar-refractivity contribution < 1.29 is 8.76 Å². The Morgan fingerprint density at radius 1 is 1.20 bits per heavy atom. The average molecular weight is 487 g/mol. The molecule has 11 heteroatoms. The number of halogens is 1. The van der Waals surface area contributed by atoms with Gasteiger partial charge in [-0.3, -0.25) is 8.89 Å². The molecule has 0 bridgehead atoms. The van der Waals surface area contributed by atoms with Crippen molar-refractivity contribution >= 4 is 61.2 Å². The minimum Gasteiger partial charge on any atom is -0.760 e. The van der Waals surface area contributed by atoms with Crippen LogP contribution in [0.1, 0.15) is 5.56 Å². The summed E-state index contributed by atoms with van der Waals surface area (Å²) in [7, 11) is 1.88. The molecule has 0 fully saturated rings. The van der Waals surface area contributed by atoms with E-state index in [0.29, 0.717) is 16.2 Å². The van der Waals surface area contributed by atoms with Crippen molar-refractivity contribution in [3.8, 4) is 0 Å². The molecule has 1 atom stereocenters. The average Bonchev–Trinajstić information content (AvgIpc) is 3.09. The predicted octanol–water partition coefficient (Wildman–Crippen LogP) is 3.50. The molecule has 1 unspecified atom stereocenters. The van der Waals surface area contributed by atoms with Crippen LogP contribution in [0.15, 0.2) is 59.3 Å². The Morgan fingerprint density at radius 3 is 2.87 bits per heavy atom. The summed E-state index contributed by atoms with van der Waals surface area (Å²) < 4.78 is 26.5. The van der Waals surface area contributed by atoms with Gasteiger partial charge in [0.15, 0.2) is 0 Å². The van der Waals surface area contributed by atoms with Crippen LogP contribution in [0.3, 0.4) is 0 Å². The Labute approximate surface area is 183 Å². The van der Waals surface area contributed by atoms with E-state index >= 15 is 0 Å². The standard InChI is InChI=1S/C19H18BrN7O2S/c1-27-11-13-6-7-14(8-17(13)26-27)23-19-21-10-15(20)18(25-19)24-16-5-3-2-4-12(16)9-22-30(28)29/h2-8,10-11,22H,9H2,1H3,(H,28,29)(H2,21,23,24,25)/p-1. The maximum Gasteiger partial charge on any atom is 0.229 e. The highest BCUT2D eigenvalue weighted by Gasteiger charge is 2.09. The Bertz CT molecular complexity index is 1230. The summed E-state index contributed by atoms with van der Waals surface area (Å²) in [4.78, 5) is 8.85. The molecule has 0 saturated heterocycles. The zero-order chi connectivity index (χ0) is 21.1. The molecule has 30 heavy (non-hydrogen) atoms. The predicted molar refractivity (Wildman–Crippen MR) is 119 cm³/mol. The van der Waals surface area contributed by atoms with E-state index in [1.165, 1.54) is 0 Å². The molecule has 3 N–H and O–H groups in total. The molecule has 4 rings (SSSR count). The summed E-state index contributed by atoms with van der Waals surface area (Å²) in [5.41, 5.74) is 3.20. The first-order valence-electron chi connectivity index (χ1n) is 8.88. The third kappa shape index (κ3) is 4.82. The number of para-hydroxylation sites is 1. The fraction of sp³-hybridized carbons (Fsp3) is 0.105. The first kappa shape index (κ1) is 20.4. The Balaban J connectivity index is 1.57. The van der Waals surface area contributed by atoms with Crippen molar-refractivity contribution in [2.24, 2.45) is 7.05 Å². The maximum absolute atomic E-state index is 10.8. The summed E-state index contributed by atoms with van der Waals surface area (Å²) in [6, 6.07) is 13.2.